The molecule has 0 radical (unpaired) electrons. The van der Waals surface area contributed by atoms with Crippen LogP contribution in [-0.4, -0.2) is 35.9 Å². The number of halogens is 2. The number of nitrogens with zero attached hydrogens (tertiary/aromatic N) is 2. The molecule has 7 nitrogen and oxygen atoms in total. The standard InChI is InChI=1S/C18H19ClFN3O4/c1-11(22(2)10-13-14(19)5-4-6-15(13)20)18(24)21-16-8-7-12(23(25)26)9-17(16)27-3/h4-9,11H,10H2,1-3H3,(H,21,24)/t11-/m1/s1. The highest BCUT2D eigenvalue weighted by Gasteiger charge is 2.22. The Hall–Kier alpha value is -2.71. The van der Waals surface area contributed by atoms with Gasteiger partial charge >= 0.3 is 0 Å². The summed E-state index contributed by atoms with van der Waals surface area (Å²) in [5, 5.41) is 13.8. The third-order valence-corrected chi connectivity index (χ3v) is 4.52. The van der Waals surface area contributed by atoms with Crippen molar-refractivity contribution in [2.45, 2.75) is 19.5 Å². The number of likely N-dealkylation sites (N-methyl/N-ethyl adjacent to an activating group) is 1. The van der Waals surface area contributed by atoms with Crippen LogP contribution < -0.4 is 10.1 Å². The van der Waals surface area contributed by atoms with Gasteiger partial charge in [-0.2, -0.15) is 0 Å². The molecule has 0 unspecified atom stereocenters. The predicted molar refractivity (Wildman–Crippen MR) is 101 cm³/mol. The van der Waals surface area contributed by atoms with Crippen LogP contribution in [0.3, 0.4) is 0 Å². The van der Waals surface area contributed by atoms with Crippen LogP contribution in [0, 0.1) is 15.9 Å². The number of nitro groups is 1. The Morgan fingerprint density at radius 1 is 1.41 bits per heavy atom. The van der Waals surface area contributed by atoms with Gasteiger partial charge in [-0.1, -0.05) is 17.7 Å². The van der Waals surface area contributed by atoms with E-state index in [2.05, 4.69) is 5.32 Å². The summed E-state index contributed by atoms with van der Waals surface area (Å²) >= 11 is 6.03. The van der Waals surface area contributed by atoms with Crippen molar-refractivity contribution in [1.82, 2.24) is 4.90 Å². The van der Waals surface area contributed by atoms with Crippen LogP contribution in [0.5, 0.6) is 5.75 Å². The van der Waals surface area contributed by atoms with Crippen LogP contribution in [0.1, 0.15) is 12.5 Å². The molecule has 2 aromatic carbocycles. The number of rotatable bonds is 7. The molecule has 0 aliphatic carbocycles. The number of methoxy groups -OCH3 is 1. The fraction of sp³-hybridized carbons (Fsp3) is 0.278. The molecule has 0 aliphatic heterocycles. The van der Waals surface area contributed by atoms with Gasteiger partial charge in [0.2, 0.25) is 5.91 Å². The first kappa shape index (κ1) is 20.6. The summed E-state index contributed by atoms with van der Waals surface area (Å²) < 4.78 is 19.0. The maximum atomic E-state index is 13.9. The van der Waals surface area contributed by atoms with Crippen LogP contribution >= 0.6 is 11.6 Å². The normalized spacial score (nSPS) is 11.9. The summed E-state index contributed by atoms with van der Waals surface area (Å²) in [5.74, 6) is -0.652. The van der Waals surface area contributed by atoms with Gasteiger partial charge < -0.3 is 10.1 Å². The number of nitro benzene ring substituents is 1. The van der Waals surface area contributed by atoms with Crippen molar-refractivity contribution in [3.63, 3.8) is 0 Å². The van der Waals surface area contributed by atoms with Crippen molar-refractivity contribution in [3.8, 4) is 5.75 Å². The fourth-order valence-corrected chi connectivity index (χ4v) is 2.63. The second-order valence-corrected chi connectivity index (χ2v) is 6.33. The first-order valence-electron chi connectivity index (χ1n) is 8.01. The molecule has 0 spiro atoms. The van der Waals surface area contributed by atoms with Crippen LogP contribution in [-0.2, 0) is 11.3 Å². The van der Waals surface area contributed by atoms with E-state index in [-0.39, 0.29) is 28.9 Å². The van der Waals surface area contributed by atoms with Gasteiger partial charge in [-0.15, -0.1) is 0 Å². The lowest BCUT2D eigenvalue weighted by atomic mass is 10.1. The van der Waals surface area contributed by atoms with Gasteiger partial charge in [0.05, 0.1) is 29.8 Å². The minimum atomic E-state index is -0.624. The molecular weight excluding hydrogens is 377 g/mol. The summed E-state index contributed by atoms with van der Waals surface area (Å²) in [6, 6.07) is 7.67. The molecule has 144 valence electrons. The van der Waals surface area contributed by atoms with E-state index in [0.717, 1.165) is 0 Å². The lowest BCUT2D eigenvalue weighted by molar-refractivity contribution is -0.384. The Bertz CT molecular complexity index is 842. The van der Waals surface area contributed by atoms with Crippen molar-refractivity contribution >= 4 is 28.9 Å². The SMILES string of the molecule is COc1cc([N+](=O)[O-])ccc1NC(=O)[C@@H](C)N(C)Cc1c(F)cccc1Cl. The Kier molecular flexibility index (Phi) is 6.70. The molecule has 2 rings (SSSR count). The summed E-state index contributed by atoms with van der Waals surface area (Å²) in [6.45, 7) is 1.79. The molecule has 1 amide bonds. The molecule has 0 aromatic heterocycles. The van der Waals surface area contributed by atoms with Gasteiger partial charge in [0.1, 0.15) is 11.6 Å². The summed E-state index contributed by atoms with van der Waals surface area (Å²) in [4.78, 5) is 24.5. The Morgan fingerprint density at radius 2 is 2.11 bits per heavy atom. The topological polar surface area (TPSA) is 84.7 Å². The molecular formula is C18H19ClFN3O4. The van der Waals surface area contributed by atoms with Gasteiger partial charge in [0, 0.05) is 23.2 Å². The van der Waals surface area contributed by atoms with Gasteiger partial charge in [-0.05, 0) is 32.2 Å². The Morgan fingerprint density at radius 3 is 2.70 bits per heavy atom. The zero-order chi connectivity index (χ0) is 20.1. The number of hydrogen-bond acceptors (Lipinski definition) is 5. The quantitative estimate of drug-likeness (QED) is 0.568. The molecule has 2 aromatic rings. The predicted octanol–water partition coefficient (Wildman–Crippen LogP) is 3.85. The highest BCUT2D eigenvalue weighted by molar-refractivity contribution is 6.31. The molecule has 0 saturated heterocycles. The first-order valence-corrected chi connectivity index (χ1v) is 8.38. The molecule has 0 fully saturated rings. The largest absolute Gasteiger partial charge is 0.494 e. The molecule has 0 bridgehead atoms. The van der Waals surface area contributed by atoms with Crippen molar-refractivity contribution in [1.29, 1.82) is 0 Å². The van der Waals surface area contributed by atoms with Gasteiger partial charge in [0.15, 0.2) is 0 Å². The van der Waals surface area contributed by atoms with Crippen molar-refractivity contribution in [2.75, 3.05) is 19.5 Å². The van der Waals surface area contributed by atoms with E-state index in [9.17, 15) is 19.3 Å². The lowest BCUT2D eigenvalue weighted by Crippen LogP contribution is -2.39. The van der Waals surface area contributed by atoms with Crippen LogP contribution in [0.4, 0.5) is 15.8 Å². The first-order chi connectivity index (χ1) is 12.7. The third-order valence-electron chi connectivity index (χ3n) is 4.16. The van der Waals surface area contributed by atoms with Crippen LogP contribution in [0.25, 0.3) is 0 Å². The minimum absolute atomic E-state index is 0.136. The maximum Gasteiger partial charge on any atom is 0.273 e. The van der Waals surface area contributed by atoms with E-state index >= 15 is 0 Å². The Balaban J connectivity index is 2.12. The van der Waals surface area contributed by atoms with Gasteiger partial charge in [0.25, 0.3) is 5.69 Å². The number of amides is 1. The van der Waals surface area contributed by atoms with E-state index in [1.807, 2.05) is 0 Å². The second kappa shape index (κ2) is 8.79. The second-order valence-electron chi connectivity index (χ2n) is 5.92. The number of non-ortho nitro benzene ring substituents is 1. The number of nitrogens with one attached hydrogen (secondary N) is 1. The number of carbonyl (C=O) groups is 1. The summed E-state index contributed by atoms with van der Waals surface area (Å²) in [7, 11) is 3.02. The molecule has 0 saturated carbocycles. The van der Waals surface area contributed by atoms with Crippen molar-refractivity contribution in [3.05, 3.63) is 62.9 Å². The van der Waals surface area contributed by atoms with Gasteiger partial charge in [-0.3, -0.25) is 19.8 Å². The van der Waals surface area contributed by atoms with Crippen molar-refractivity contribution < 1.29 is 18.8 Å². The molecule has 1 atom stereocenters. The van der Waals surface area contributed by atoms with E-state index in [1.165, 1.54) is 37.4 Å². The minimum Gasteiger partial charge on any atom is -0.494 e. The summed E-state index contributed by atoms with van der Waals surface area (Å²) in [5.41, 5.74) is 0.454. The average Bonchev–Trinajstić information content (AvgIpc) is 2.64. The van der Waals surface area contributed by atoms with Gasteiger partial charge in [-0.25, -0.2) is 4.39 Å². The molecule has 9 heteroatoms. The number of ether oxygens (including phenoxy) is 1. The Labute approximate surface area is 160 Å². The number of carbonyl (C=O) groups excluding carboxylic acids is 1. The van der Waals surface area contributed by atoms with E-state index in [0.29, 0.717) is 11.3 Å². The number of benzene rings is 2. The summed E-state index contributed by atoms with van der Waals surface area (Å²) in [6.07, 6.45) is 0. The fourth-order valence-electron chi connectivity index (χ4n) is 2.40. The van der Waals surface area contributed by atoms with Crippen LogP contribution in [0.15, 0.2) is 36.4 Å². The van der Waals surface area contributed by atoms with E-state index in [4.69, 9.17) is 16.3 Å². The smallest absolute Gasteiger partial charge is 0.273 e. The zero-order valence-electron chi connectivity index (χ0n) is 15.0. The molecule has 0 aliphatic rings. The zero-order valence-corrected chi connectivity index (χ0v) is 15.8. The van der Waals surface area contributed by atoms with Crippen molar-refractivity contribution in [2.24, 2.45) is 0 Å². The van der Waals surface area contributed by atoms with E-state index in [1.54, 1.807) is 24.9 Å². The lowest BCUT2D eigenvalue weighted by Gasteiger charge is -2.24. The number of hydrogen-bond donors (Lipinski definition) is 1. The monoisotopic (exact) mass is 395 g/mol. The third kappa shape index (κ3) is 4.93. The molecule has 0 heterocycles. The highest BCUT2D eigenvalue weighted by Crippen LogP contribution is 2.29. The highest BCUT2D eigenvalue weighted by atomic mass is 35.5. The average molecular weight is 396 g/mol. The van der Waals surface area contributed by atoms with E-state index < -0.39 is 16.8 Å². The molecule has 27 heavy (non-hydrogen) atoms. The molecule has 1 N–H and O–H groups in total. The van der Waals surface area contributed by atoms with Crippen LogP contribution in [0.2, 0.25) is 5.02 Å². The maximum absolute atomic E-state index is 13.9. The number of anilines is 1.